The third kappa shape index (κ3) is 10.1. The molecular formula is C28H41ClN4O. The van der Waals surface area contributed by atoms with E-state index in [0.29, 0.717) is 24.0 Å². The van der Waals surface area contributed by atoms with Crippen LogP contribution in [0, 0.1) is 5.92 Å². The Morgan fingerprint density at radius 2 is 1.97 bits per heavy atom. The molecule has 0 spiro atoms. The maximum absolute atomic E-state index is 12.0. The molecule has 0 saturated heterocycles. The highest BCUT2D eigenvalue weighted by molar-refractivity contribution is 6.30. The van der Waals surface area contributed by atoms with Gasteiger partial charge in [0.25, 0.3) is 0 Å². The maximum atomic E-state index is 12.0. The van der Waals surface area contributed by atoms with Crippen molar-refractivity contribution in [1.82, 2.24) is 16.0 Å². The summed E-state index contributed by atoms with van der Waals surface area (Å²) < 4.78 is 0. The Hall–Kier alpha value is -2.63. The molecule has 0 aromatic heterocycles. The lowest BCUT2D eigenvalue weighted by Crippen LogP contribution is -2.46. The van der Waals surface area contributed by atoms with Crippen molar-refractivity contribution in [3.63, 3.8) is 0 Å². The predicted octanol–water partition coefficient (Wildman–Crippen LogP) is 6.24. The Labute approximate surface area is 211 Å². The minimum absolute atomic E-state index is 0.124. The third-order valence-corrected chi connectivity index (χ3v) is 5.92. The molecule has 2 amide bonds. The second kappa shape index (κ2) is 16.1. The fraction of sp³-hybridized carbons (Fsp3) is 0.429. The molecule has 0 aliphatic carbocycles. The number of dihydropyridines is 1. The Balaban J connectivity index is 0.00000281. The van der Waals surface area contributed by atoms with Crippen molar-refractivity contribution in [1.29, 1.82) is 0 Å². The van der Waals surface area contributed by atoms with Gasteiger partial charge >= 0.3 is 6.03 Å². The second-order valence-electron chi connectivity index (χ2n) is 8.13. The van der Waals surface area contributed by atoms with Crippen LogP contribution in [0.25, 0.3) is 0 Å². The number of amides is 2. The van der Waals surface area contributed by atoms with Crippen LogP contribution in [0.15, 0.2) is 77.9 Å². The molecule has 0 saturated carbocycles. The molecule has 0 fully saturated rings. The molecule has 186 valence electrons. The van der Waals surface area contributed by atoms with Crippen LogP contribution in [-0.4, -0.2) is 36.9 Å². The Bertz CT molecular complexity index is 873. The van der Waals surface area contributed by atoms with E-state index in [1.54, 1.807) is 6.08 Å². The van der Waals surface area contributed by atoms with Crippen molar-refractivity contribution < 1.29 is 4.79 Å². The van der Waals surface area contributed by atoms with Crippen molar-refractivity contribution in [2.45, 2.75) is 59.2 Å². The number of halogens is 1. The topological polar surface area (TPSA) is 65.5 Å². The summed E-state index contributed by atoms with van der Waals surface area (Å²) in [4.78, 5) is 16.8. The Kier molecular flexibility index (Phi) is 13.9. The lowest BCUT2D eigenvalue weighted by molar-refractivity contribution is 0.241. The highest BCUT2D eigenvalue weighted by Gasteiger charge is 2.32. The number of hydrogen-bond donors (Lipinski definition) is 3. The number of nitrogens with one attached hydrogen (secondary N) is 3. The van der Waals surface area contributed by atoms with Gasteiger partial charge in [-0.3, -0.25) is 4.99 Å². The van der Waals surface area contributed by atoms with E-state index < -0.39 is 0 Å². The van der Waals surface area contributed by atoms with E-state index in [4.69, 9.17) is 16.6 Å². The van der Waals surface area contributed by atoms with Crippen LogP contribution in [0.3, 0.4) is 0 Å². The zero-order valence-corrected chi connectivity index (χ0v) is 22.0. The van der Waals surface area contributed by atoms with Crippen molar-refractivity contribution in [3.8, 4) is 0 Å². The average Bonchev–Trinajstić information content (AvgIpc) is 2.85. The van der Waals surface area contributed by atoms with Crippen molar-refractivity contribution in [2.75, 3.05) is 13.1 Å². The molecule has 1 aromatic rings. The monoisotopic (exact) mass is 484 g/mol. The Morgan fingerprint density at radius 1 is 1.26 bits per heavy atom. The first-order valence-electron chi connectivity index (χ1n) is 12.1. The average molecular weight is 485 g/mol. The molecule has 1 unspecified atom stereocenters. The molecular weight excluding hydrogens is 444 g/mol. The highest BCUT2D eigenvalue weighted by Crippen LogP contribution is 2.28. The van der Waals surface area contributed by atoms with Gasteiger partial charge in [-0.05, 0) is 49.6 Å². The van der Waals surface area contributed by atoms with Crippen LogP contribution in [0.1, 0.15) is 46.6 Å². The molecule has 3 N–H and O–H groups in total. The van der Waals surface area contributed by atoms with E-state index in [2.05, 4.69) is 49.4 Å². The van der Waals surface area contributed by atoms with Gasteiger partial charge in [0.05, 0.1) is 5.54 Å². The number of nitrogens with zero attached hydrogens (tertiary/aromatic N) is 1. The van der Waals surface area contributed by atoms with E-state index in [1.807, 2.05) is 68.6 Å². The third-order valence-electron chi connectivity index (χ3n) is 5.67. The zero-order chi connectivity index (χ0) is 25.4. The van der Waals surface area contributed by atoms with Gasteiger partial charge in [0.1, 0.15) is 0 Å². The van der Waals surface area contributed by atoms with Gasteiger partial charge in [0.2, 0.25) is 0 Å². The largest absolute Gasteiger partial charge is 0.335 e. The first kappa shape index (κ1) is 29.4. The predicted molar refractivity (Wildman–Crippen MR) is 148 cm³/mol. The van der Waals surface area contributed by atoms with Gasteiger partial charge in [-0.25, -0.2) is 4.79 Å². The summed E-state index contributed by atoms with van der Waals surface area (Å²) in [6, 6.07) is 7.30. The quantitative estimate of drug-likeness (QED) is 0.325. The fourth-order valence-corrected chi connectivity index (χ4v) is 3.73. The number of aliphatic imine (C=N–C) groups is 1. The molecule has 34 heavy (non-hydrogen) atoms. The smallest absolute Gasteiger partial charge is 0.315 e. The summed E-state index contributed by atoms with van der Waals surface area (Å²) in [6.45, 7) is 16.0. The van der Waals surface area contributed by atoms with Gasteiger partial charge < -0.3 is 16.0 Å². The van der Waals surface area contributed by atoms with Crippen LogP contribution >= 0.6 is 11.6 Å². The SMILES string of the molecule is C=C/C=C(\C=C/CNC(=O)NCc1ccc(Cl)cc1)[C@H](C)NCC1(C)N=CC=C[C@@H]1CC.CC. The van der Waals surface area contributed by atoms with E-state index in [9.17, 15) is 4.79 Å². The van der Waals surface area contributed by atoms with E-state index in [1.165, 1.54) is 0 Å². The summed E-state index contributed by atoms with van der Waals surface area (Å²) in [5.74, 6) is 0.421. The summed E-state index contributed by atoms with van der Waals surface area (Å²) >= 11 is 5.88. The summed E-state index contributed by atoms with van der Waals surface area (Å²) in [5, 5.41) is 9.97. The minimum Gasteiger partial charge on any atom is -0.335 e. The second-order valence-corrected chi connectivity index (χ2v) is 8.57. The molecule has 0 bridgehead atoms. The first-order valence-corrected chi connectivity index (χ1v) is 12.5. The zero-order valence-electron chi connectivity index (χ0n) is 21.3. The normalized spacial score (nSPS) is 20.4. The van der Waals surface area contributed by atoms with Gasteiger partial charge in [-0.2, -0.15) is 0 Å². The van der Waals surface area contributed by atoms with E-state index >= 15 is 0 Å². The molecule has 6 heteroatoms. The number of urea groups is 1. The van der Waals surface area contributed by atoms with Crippen LogP contribution in [-0.2, 0) is 6.54 Å². The van der Waals surface area contributed by atoms with Crippen LogP contribution in [0.4, 0.5) is 4.79 Å². The molecule has 2 rings (SSSR count). The number of hydrogen-bond acceptors (Lipinski definition) is 3. The number of rotatable bonds is 11. The minimum atomic E-state index is -0.216. The lowest BCUT2D eigenvalue weighted by Gasteiger charge is -2.35. The van der Waals surface area contributed by atoms with Crippen molar-refractivity contribution in [2.24, 2.45) is 10.9 Å². The standard InChI is InChI=1S/C26H35ClN4O.C2H6/c1-5-9-22(20(3)30-19-26(4)23(6-2)11-8-17-31-26)10-7-16-28-25(32)29-18-21-12-14-24(27)15-13-21;1-2/h5,7-15,17,20,23,30H,1,6,16,18-19H2,2-4H3,(H2,28,29,32);1-2H3/b10-7-,22-9+;/t20-,23-,26?;/m0./s1. The number of allylic oxidation sites excluding steroid dienone is 3. The summed E-state index contributed by atoms with van der Waals surface area (Å²) in [7, 11) is 0. The van der Waals surface area contributed by atoms with Gasteiger partial charge in [-0.15, -0.1) is 0 Å². The van der Waals surface area contributed by atoms with Crippen molar-refractivity contribution >= 4 is 23.8 Å². The highest BCUT2D eigenvalue weighted by atomic mass is 35.5. The van der Waals surface area contributed by atoms with Crippen LogP contribution in [0.2, 0.25) is 5.02 Å². The number of carbonyl (C=O) groups excluding carboxylic acids is 1. The van der Waals surface area contributed by atoms with Gasteiger partial charge in [-0.1, -0.05) is 81.5 Å². The van der Waals surface area contributed by atoms with Crippen LogP contribution in [0.5, 0.6) is 0 Å². The molecule has 3 atom stereocenters. The molecule has 1 aromatic carbocycles. The number of benzene rings is 1. The molecule has 1 heterocycles. The summed E-state index contributed by atoms with van der Waals surface area (Å²) in [5.41, 5.74) is 1.94. The van der Waals surface area contributed by atoms with E-state index in [0.717, 1.165) is 24.1 Å². The molecule has 0 radical (unpaired) electrons. The van der Waals surface area contributed by atoms with Crippen LogP contribution < -0.4 is 16.0 Å². The summed E-state index contributed by atoms with van der Waals surface area (Å²) in [6.07, 6.45) is 14.9. The van der Waals surface area contributed by atoms with Crippen molar-refractivity contribution in [3.05, 3.63) is 83.5 Å². The molecule has 5 nitrogen and oxygen atoms in total. The van der Waals surface area contributed by atoms with Gasteiger partial charge in [0.15, 0.2) is 0 Å². The first-order chi connectivity index (χ1) is 16.4. The van der Waals surface area contributed by atoms with E-state index in [-0.39, 0.29) is 17.6 Å². The maximum Gasteiger partial charge on any atom is 0.315 e. The van der Waals surface area contributed by atoms with Gasteiger partial charge in [0, 0.05) is 42.8 Å². The Morgan fingerprint density at radius 3 is 2.62 bits per heavy atom. The molecule has 1 aliphatic heterocycles. The fourth-order valence-electron chi connectivity index (χ4n) is 3.60. The number of carbonyl (C=O) groups is 1. The lowest BCUT2D eigenvalue weighted by atomic mass is 9.82. The molecule has 1 aliphatic rings.